The van der Waals surface area contributed by atoms with Gasteiger partial charge in [0.25, 0.3) is 5.91 Å². The van der Waals surface area contributed by atoms with Crippen molar-refractivity contribution in [2.75, 3.05) is 13.1 Å². The molecule has 3 N–H and O–H groups in total. The van der Waals surface area contributed by atoms with Crippen LogP contribution in [0.25, 0.3) is 0 Å². The average molecular weight is 208 g/mol. The van der Waals surface area contributed by atoms with Gasteiger partial charge in [-0.15, -0.1) is 0 Å². The number of aryl methyl sites for hydroxylation is 1. The Labute approximate surface area is 88.7 Å². The normalized spacial score (nSPS) is 17.5. The molecular weight excluding hydrogens is 192 g/mol. The number of rotatable bonds is 4. The van der Waals surface area contributed by atoms with Crippen molar-refractivity contribution in [1.29, 1.82) is 0 Å². The minimum atomic E-state index is -0.0743. The van der Waals surface area contributed by atoms with Gasteiger partial charge in [0.2, 0.25) is 0 Å². The van der Waals surface area contributed by atoms with Crippen LogP contribution in [-0.2, 0) is 7.05 Å². The van der Waals surface area contributed by atoms with Crippen LogP contribution in [0.15, 0.2) is 12.5 Å². The molecule has 5 heteroatoms. The number of carbonyl (C=O) groups excluding carboxylic acids is 1. The van der Waals surface area contributed by atoms with Crippen LogP contribution in [-0.4, -0.2) is 28.5 Å². The van der Waals surface area contributed by atoms with Gasteiger partial charge in [-0.1, -0.05) is 0 Å². The maximum absolute atomic E-state index is 11.7. The molecule has 1 aromatic rings. The van der Waals surface area contributed by atoms with Gasteiger partial charge in [0.15, 0.2) is 0 Å². The summed E-state index contributed by atoms with van der Waals surface area (Å²) >= 11 is 0. The molecule has 0 aliphatic heterocycles. The van der Waals surface area contributed by atoms with Gasteiger partial charge in [-0.05, 0) is 19.4 Å². The fourth-order valence-electron chi connectivity index (χ4n) is 1.56. The Morgan fingerprint density at radius 2 is 2.47 bits per heavy atom. The van der Waals surface area contributed by atoms with Gasteiger partial charge in [-0.3, -0.25) is 4.79 Å². The molecule has 1 saturated carbocycles. The highest BCUT2D eigenvalue weighted by Gasteiger charge is 2.41. The minimum Gasteiger partial charge on any atom is -0.350 e. The van der Waals surface area contributed by atoms with Crippen molar-refractivity contribution < 1.29 is 4.79 Å². The molecule has 5 nitrogen and oxygen atoms in total. The number of hydrogen-bond acceptors (Lipinski definition) is 3. The summed E-state index contributed by atoms with van der Waals surface area (Å²) in [5.41, 5.74) is 6.40. The molecule has 0 unspecified atom stereocenters. The highest BCUT2D eigenvalue weighted by Crippen LogP contribution is 2.43. The largest absolute Gasteiger partial charge is 0.350 e. The van der Waals surface area contributed by atoms with Gasteiger partial charge in [-0.2, -0.15) is 0 Å². The summed E-state index contributed by atoms with van der Waals surface area (Å²) in [7, 11) is 1.80. The molecule has 82 valence electrons. The molecule has 1 heterocycles. The molecule has 1 aliphatic rings. The van der Waals surface area contributed by atoms with Crippen molar-refractivity contribution >= 4 is 5.91 Å². The van der Waals surface area contributed by atoms with E-state index in [-0.39, 0.29) is 11.3 Å². The molecule has 0 aromatic carbocycles. The SMILES string of the molecule is Cn1cncc1C(=O)NCC1(CN)CC1. The van der Waals surface area contributed by atoms with Crippen LogP contribution in [0, 0.1) is 5.41 Å². The average Bonchev–Trinajstić information content (AvgIpc) is 2.91. The lowest BCUT2D eigenvalue weighted by Crippen LogP contribution is -2.34. The van der Waals surface area contributed by atoms with E-state index < -0.39 is 0 Å². The number of nitrogens with two attached hydrogens (primary N) is 1. The molecule has 15 heavy (non-hydrogen) atoms. The maximum Gasteiger partial charge on any atom is 0.269 e. The highest BCUT2D eigenvalue weighted by atomic mass is 16.1. The molecule has 1 aromatic heterocycles. The second kappa shape index (κ2) is 3.66. The third kappa shape index (κ3) is 2.02. The summed E-state index contributed by atoms with van der Waals surface area (Å²) in [6.07, 6.45) is 5.42. The van der Waals surface area contributed by atoms with Crippen molar-refractivity contribution in [2.24, 2.45) is 18.2 Å². The van der Waals surface area contributed by atoms with Gasteiger partial charge in [0.1, 0.15) is 5.69 Å². The molecular formula is C10H16N4O. The second-order valence-electron chi connectivity index (χ2n) is 4.28. The molecule has 0 bridgehead atoms. The zero-order valence-corrected chi connectivity index (χ0v) is 8.86. The zero-order valence-electron chi connectivity index (χ0n) is 8.86. The number of hydrogen-bond donors (Lipinski definition) is 2. The Bertz CT molecular complexity index is 367. The first kappa shape index (κ1) is 10.2. The third-order valence-electron chi connectivity index (χ3n) is 3.06. The summed E-state index contributed by atoms with van der Waals surface area (Å²) in [5.74, 6) is -0.0743. The van der Waals surface area contributed by atoms with Gasteiger partial charge >= 0.3 is 0 Å². The Morgan fingerprint density at radius 1 is 1.73 bits per heavy atom. The fraction of sp³-hybridized carbons (Fsp3) is 0.600. The number of nitrogens with one attached hydrogen (secondary N) is 1. The predicted molar refractivity (Wildman–Crippen MR) is 56.3 cm³/mol. The summed E-state index contributed by atoms with van der Waals surface area (Å²) in [4.78, 5) is 15.6. The van der Waals surface area contributed by atoms with Crippen molar-refractivity contribution in [3.05, 3.63) is 18.2 Å². The van der Waals surface area contributed by atoms with Crippen molar-refractivity contribution in [3.63, 3.8) is 0 Å². The number of aromatic nitrogens is 2. The van der Waals surface area contributed by atoms with Crippen LogP contribution in [0.5, 0.6) is 0 Å². The lowest BCUT2D eigenvalue weighted by Gasteiger charge is -2.13. The quantitative estimate of drug-likeness (QED) is 0.725. The van der Waals surface area contributed by atoms with Gasteiger partial charge in [0, 0.05) is 19.0 Å². The van der Waals surface area contributed by atoms with Crippen molar-refractivity contribution in [3.8, 4) is 0 Å². The van der Waals surface area contributed by atoms with E-state index in [2.05, 4.69) is 10.3 Å². The summed E-state index contributed by atoms with van der Waals surface area (Å²) in [6, 6.07) is 0. The Hall–Kier alpha value is -1.36. The second-order valence-corrected chi connectivity index (χ2v) is 4.28. The highest BCUT2D eigenvalue weighted by molar-refractivity contribution is 5.92. The van der Waals surface area contributed by atoms with E-state index >= 15 is 0 Å². The molecule has 2 rings (SSSR count). The molecule has 0 radical (unpaired) electrons. The Balaban J connectivity index is 1.91. The van der Waals surface area contributed by atoms with Crippen LogP contribution in [0.1, 0.15) is 23.3 Å². The number of nitrogens with zero attached hydrogens (tertiary/aromatic N) is 2. The van der Waals surface area contributed by atoms with Crippen LogP contribution < -0.4 is 11.1 Å². The van der Waals surface area contributed by atoms with E-state index in [1.165, 1.54) is 0 Å². The third-order valence-corrected chi connectivity index (χ3v) is 3.06. The molecule has 0 spiro atoms. The zero-order chi connectivity index (χ0) is 10.9. The molecule has 0 atom stereocenters. The number of imidazole rings is 1. The van der Waals surface area contributed by atoms with Crippen LogP contribution in [0.4, 0.5) is 0 Å². The smallest absolute Gasteiger partial charge is 0.269 e. The summed E-state index contributed by atoms with van der Waals surface area (Å²) in [6.45, 7) is 1.33. The van der Waals surface area contributed by atoms with Crippen LogP contribution in [0.2, 0.25) is 0 Å². The van der Waals surface area contributed by atoms with Gasteiger partial charge < -0.3 is 15.6 Å². The maximum atomic E-state index is 11.7. The monoisotopic (exact) mass is 208 g/mol. The topological polar surface area (TPSA) is 72.9 Å². The number of amides is 1. The van der Waals surface area contributed by atoms with Gasteiger partial charge in [0.05, 0.1) is 12.5 Å². The molecule has 1 amide bonds. The van der Waals surface area contributed by atoms with Gasteiger partial charge in [-0.25, -0.2) is 4.98 Å². The van der Waals surface area contributed by atoms with E-state index in [1.807, 2.05) is 0 Å². The molecule has 0 saturated heterocycles. The number of carbonyl (C=O) groups is 1. The van der Waals surface area contributed by atoms with E-state index in [1.54, 1.807) is 24.1 Å². The first-order valence-corrected chi connectivity index (χ1v) is 5.11. The van der Waals surface area contributed by atoms with E-state index in [0.717, 1.165) is 12.8 Å². The molecule has 1 aliphatic carbocycles. The Morgan fingerprint density at radius 3 is 2.93 bits per heavy atom. The standard InChI is InChI=1S/C10H16N4O/c1-14-7-12-4-8(14)9(15)13-6-10(5-11)2-3-10/h4,7H,2-3,5-6,11H2,1H3,(H,13,15). The van der Waals surface area contributed by atoms with E-state index in [4.69, 9.17) is 5.73 Å². The fourth-order valence-corrected chi connectivity index (χ4v) is 1.56. The van der Waals surface area contributed by atoms with Crippen LogP contribution >= 0.6 is 0 Å². The van der Waals surface area contributed by atoms with Crippen molar-refractivity contribution in [2.45, 2.75) is 12.8 Å². The Kier molecular flexibility index (Phi) is 2.48. The lowest BCUT2D eigenvalue weighted by molar-refractivity contribution is 0.0937. The first-order chi connectivity index (χ1) is 7.17. The van der Waals surface area contributed by atoms with Crippen molar-refractivity contribution in [1.82, 2.24) is 14.9 Å². The minimum absolute atomic E-state index is 0.0743. The predicted octanol–water partition coefficient (Wildman–Crippen LogP) is -0.111. The van der Waals surface area contributed by atoms with Crippen LogP contribution in [0.3, 0.4) is 0 Å². The summed E-state index contributed by atoms with van der Waals surface area (Å²) in [5, 5.41) is 2.90. The summed E-state index contributed by atoms with van der Waals surface area (Å²) < 4.78 is 1.71. The first-order valence-electron chi connectivity index (χ1n) is 5.11. The van der Waals surface area contributed by atoms with E-state index in [0.29, 0.717) is 18.8 Å². The molecule has 1 fully saturated rings. The van der Waals surface area contributed by atoms with E-state index in [9.17, 15) is 4.79 Å². The lowest BCUT2D eigenvalue weighted by atomic mass is 10.1.